The molecule has 0 bridgehead atoms. The highest BCUT2D eigenvalue weighted by molar-refractivity contribution is 5.48. The third-order valence-corrected chi connectivity index (χ3v) is 3.01. The molecule has 3 rings (SSSR count). The van der Waals surface area contributed by atoms with Crippen LogP contribution in [-0.4, -0.2) is 4.98 Å². The molecule has 0 saturated heterocycles. The van der Waals surface area contributed by atoms with Gasteiger partial charge < -0.3 is 4.74 Å². The van der Waals surface area contributed by atoms with Crippen LogP contribution in [0.2, 0.25) is 0 Å². The van der Waals surface area contributed by atoms with Gasteiger partial charge in [-0.1, -0.05) is 24.8 Å². The Kier molecular flexibility index (Phi) is 3.01. The SMILES string of the molecule is C=C1/C=c2/ccnc/c2=C/CC2=C(C=C=CC=C2)O1. The second-order valence-corrected chi connectivity index (χ2v) is 4.35. The third kappa shape index (κ3) is 2.49. The van der Waals surface area contributed by atoms with Crippen LogP contribution in [0.5, 0.6) is 0 Å². The van der Waals surface area contributed by atoms with E-state index in [1.165, 1.54) is 0 Å². The summed E-state index contributed by atoms with van der Waals surface area (Å²) in [5, 5.41) is 2.16. The molecule has 0 unspecified atom stereocenters. The molecule has 1 aromatic rings. The van der Waals surface area contributed by atoms with Gasteiger partial charge in [0, 0.05) is 18.5 Å². The lowest BCUT2D eigenvalue weighted by molar-refractivity contribution is 0.341. The van der Waals surface area contributed by atoms with Crippen molar-refractivity contribution in [3.05, 3.63) is 82.6 Å². The summed E-state index contributed by atoms with van der Waals surface area (Å²) in [7, 11) is 0. The molecule has 1 aromatic heterocycles. The van der Waals surface area contributed by atoms with Crippen molar-refractivity contribution in [2.75, 3.05) is 0 Å². The summed E-state index contributed by atoms with van der Waals surface area (Å²) in [6, 6.07) is 1.96. The highest BCUT2D eigenvalue weighted by Gasteiger charge is 2.06. The Morgan fingerprint density at radius 2 is 2.26 bits per heavy atom. The van der Waals surface area contributed by atoms with Crippen LogP contribution in [0.4, 0.5) is 0 Å². The van der Waals surface area contributed by atoms with Gasteiger partial charge in [-0.2, -0.15) is 0 Å². The average Bonchev–Trinajstić information content (AvgIpc) is 2.59. The van der Waals surface area contributed by atoms with Crippen molar-refractivity contribution in [2.45, 2.75) is 6.42 Å². The van der Waals surface area contributed by atoms with Crippen molar-refractivity contribution in [3.63, 3.8) is 0 Å². The zero-order valence-corrected chi connectivity index (χ0v) is 10.5. The number of rotatable bonds is 0. The number of aromatic nitrogens is 1. The first-order chi connectivity index (χ1) is 9.33. The Bertz CT molecular complexity index is 772. The van der Waals surface area contributed by atoms with Crippen molar-refractivity contribution in [3.8, 4) is 0 Å². The van der Waals surface area contributed by atoms with E-state index in [4.69, 9.17) is 4.74 Å². The summed E-state index contributed by atoms with van der Waals surface area (Å²) in [6.07, 6.45) is 16.2. The standard InChI is InChI=1S/C17H13NO/c1-13-11-15-9-10-18-12-16(15)8-7-14-5-3-2-4-6-17(14)19-13/h2-3,5-6,8-12H,1,7H2/b15-11-,16-8-. The van der Waals surface area contributed by atoms with Crippen LogP contribution >= 0.6 is 0 Å². The number of ether oxygens (including phenoxy) is 1. The molecule has 0 spiro atoms. The van der Waals surface area contributed by atoms with Crippen molar-refractivity contribution in [1.29, 1.82) is 0 Å². The largest absolute Gasteiger partial charge is 0.457 e. The van der Waals surface area contributed by atoms with E-state index in [1.54, 1.807) is 6.20 Å². The van der Waals surface area contributed by atoms with Gasteiger partial charge in [-0.05, 0) is 40.6 Å². The highest BCUT2D eigenvalue weighted by Crippen LogP contribution is 2.19. The fourth-order valence-electron chi connectivity index (χ4n) is 2.07. The summed E-state index contributed by atoms with van der Waals surface area (Å²) in [5.41, 5.74) is 4.16. The summed E-state index contributed by atoms with van der Waals surface area (Å²) in [4.78, 5) is 4.17. The van der Waals surface area contributed by atoms with Crippen LogP contribution < -0.4 is 10.4 Å². The predicted octanol–water partition coefficient (Wildman–Crippen LogP) is 2.11. The molecule has 2 heterocycles. The number of pyridine rings is 1. The molecular weight excluding hydrogens is 234 g/mol. The molecule has 2 heteroatoms. The topological polar surface area (TPSA) is 22.1 Å². The van der Waals surface area contributed by atoms with E-state index < -0.39 is 0 Å². The normalized spacial score (nSPS) is 20.5. The van der Waals surface area contributed by atoms with Crippen molar-refractivity contribution >= 4 is 12.2 Å². The Morgan fingerprint density at radius 3 is 3.21 bits per heavy atom. The molecule has 1 aliphatic heterocycles. The second kappa shape index (κ2) is 4.97. The highest BCUT2D eigenvalue weighted by atomic mass is 16.5. The monoisotopic (exact) mass is 247 g/mol. The molecule has 0 atom stereocenters. The van der Waals surface area contributed by atoms with Crippen LogP contribution in [0.1, 0.15) is 6.42 Å². The fourth-order valence-corrected chi connectivity index (χ4v) is 2.07. The molecule has 0 radical (unpaired) electrons. The molecule has 0 saturated carbocycles. The Morgan fingerprint density at radius 1 is 1.32 bits per heavy atom. The van der Waals surface area contributed by atoms with Crippen LogP contribution in [-0.2, 0) is 4.74 Å². The lowest BCUT2D eigenvalue weighted by Gasteiger charge is -2.08. The molecule has 0 fully saturated rings. The molecule has 0 N–H and O–H groups in total. The lowest BCUT2D eigenvalue weighted by Crippen LogP contribution is -2.24. The van der Waals surface area contributed by atoms with Gasteiger partial charge in [-0.15, -0.1) is 5.73 Å². The van der Waals surface area contributed by atoms with E-state index in [-0.39, 0.29) is 0 Å². The Labute approximate surface area is 111 Å². The van der Waals surface area contributed by atoms with E-state index in [0.29, 0.717) is 5.76 Å². The van der Waals surface area contributed by atoms with Crippen molar-refractivity contribution < 1.29 is 4.74 Å². The minimum Gasteiger partial charge on any atom is -0.457 e. The van der Waals surface area contributed by atoms with E-state index in [9.17, 15) is 0 Å². The summed E-state index contributed by atoms with van der Waals surface area (Å²) in [6.45, 7) is 3.95. The lowest BCUT2D eigenvalue weighted by atomic mass is 10.1. The number of allylic oxidation sites excluding steroid dienone is 5. The zero-order valence-electron chi connectivity index (χ0n) is 10.5. The van der Waals surface area contributed by atoms with Gasteiger partial charge in [0.15, 0.2) is 0 Å². The van der Waals surface area contributed by atoms with E-state index in [1.807, 2.05) is 42.6 Å². The molecule has 2 aliphatic rings. The third-order valence-electron chi connectivity index (χ3n) is 3.01. The van der Waals surface area contributed by atoms with Gasteiger partial charge in [-0.25, -0.2) is 0 Å². The zero-order chi connectivity index (χ0) is 13.1. The second-order valence-electron chi connectivity index (χ2n) is 4.35. The minimum atomic E-state index is 0.614. The smallest absolute Gasteiger partial charge is 0.138 e. The first kappa shape index (κ1) is 11.5. The van der Waals surface area contributed by atoms with Gasteiger partial charge >= 0.3 is 0 Å². The minimum absolute atomic E-state index is 0.614. The number of hydrogen-bond acceptors (Lipinski definition) is 2. The summed E-state index contributed by atoms with van der Waals surface area (Å²) >= 11 is 0. The van der Waals surface area contributed by atoms with Gasteiger partial charge in [-0.3, -0.25) is 4.98 Å². The number of nitrogens with zero attached hydrogens (tertiary/aromatic N) is 1. The Hall–Kier alpha value is -2.57. The maximum atomic E-state index is 5.81. The molecule has 0 amide bonds. The van der Waals surface area contributed by atoms with Crippen LogP contribution in [0.3, 0.4) is 0 Å². The van der Waals surface area contributed by atoms with Crippen molar-refractivity contribution in [1.82, 2.24) is 4.98 Å². The van der Waals surface area contributed by atoms with Crippen LogP contribution in [0, 0.1) is 0 Å². The Balaban J connectivity index is 2.18. The fraction of sp³-hybridized carbons (Fsp3) is 0.0588. The van der Waals surface area contributed by atoms with E-state index in [2.05, 4.69) is 23.4 Å². The molecule has 2 nitrogen and oxygen atoms in total. The summed E-state index contributed by atoms with van der Waals surface area (Å²) < 4.78 is 5.81. The maximum Gasteiger partial charge on any atom is 0.138 e. The van der Waals surface area contributed by atoms with Gasteiger partial charge in [0.25, 0.3) is 0 Å². The first-order valence-corrected chi connectivity index (χ1v) is 6.14. The molecular formula is C17H13NO. The quantitative estimate of drug-likeness (QED) is 0.655. The number of hydrogen-bond donors (Lipinski definition) is 0. The van der Waals surface area contributed by atoms with Gasteiger partial charge in [0.1, 0.15) is 11.5 Å². The average molecular weight is 247 g/mol. The first-order valence-electron chi connectivity index (χ1n) is 6.14. The molecule has 92 valence electrons. The maximum absolute atomic E-state index is 5.81. The van der Waals surface area contributed by atoms with E-state index in [0.717, 1.165) is 28.2 Å². The molecule has 19 heavy (non-hydrogen) atoms. The van der Waals surface area contributed by atoms with Crippen LogP contribution in [0.15, 0.2) is 72.2 Å². The number of fused-ring (bicyclic) bond motifs is 1. The molecule has 0 aromatic carbocycles. The van der Waals surface area contributed by atoms with Gasteiger partial charge in [0.05, 0.1) is 0 Å². The van der Waals surface area contributed by atoms with E-state index >= 15 is 0 Å². The van der Waals surface area contributed by atoms with Crippen molar-refractivity contribution in [2.24, 2.45) is 0 Å². The predicted molar refractivity (Wildman–Crippen MR) is 76.1 cm³/mol. The van der Waals surface area contributed by atoms with Gasteiger partial charge in [0.2, 0.25) is 0 Å². The van der Waals surface area contributed by atoms with Crippen LogP contribution in [0.25, 0.3) is 12.2 Å². The summed E-state index contributed by atoms with van der Waals surface area (Å²) in [5.74, 6) is 1.41. The molecule has 1 aliphatic carbocycles.